The Morgan fingerprint density at radius 2 is 1.78 bits per heavy atom. The molecule has 0 radical (unpaired) electrons. The van der Waals surface area contributed by atoms with E-state index < -0.39 is 16.1 Å². The van der Waals surface area contributed by atoms with Crippen molar-refractivity contribution in [2.24, 2.45) is 0 Å². The van der Waals surface area contributed by atoms with E-state index in [4.69, 9.17) is 0 Å². The van der Waals surface area contributed by atoms with Crippen LogP contribution in [0.15, 0.2) is 71.9 Å². The average Bonchev–Trinajstić information content (AvgIpc) is 3.16. The third kappa shape index (κ3) is 4.53. The van der Waals surface area contributed by atoms with Gasteiger partial charge >= 0.3 is 0 Å². The van der Waals surface area contributed by atoms with Gasteiger partial charge in [-0.15, -0.1) is 0 Å². The van der Waals surface area contributed by atoms with E-state index in [1.54, 1.807) is 78.6 Å². The molecule has 0 aliphatic carbocycles. The maximum atomic E-state index is 12.5. The molecule has 0 unspecified atom stereocenters. The highest BCUT2D eigenvalue weighted by Crippen LogP contribution is 2.20. The van der Waals surface area contributed by atoms with Crippen LogP contribution in [0.5, 0.6) is 0 Å². The van der Waals surface area contributed by atoms with Crippen LogP contribution in [0.4, 0.5) is 11.4 Å². The van der Waals surface area contributed by atoms with E-state index in [1.807, 2.05) is 6.92 Å². The predicted molar refractivity (Wildman–Crippen MR) is 104 cm³/mol. The van der Waals surface area contributed by atoms with Gasteiger partial charge in [0.25, 0.3) is 10.0 Å². The van der Waals surface area contributed by atoms with E-state index in [9.17, 15) is 13.2 Å². The maximum absolute atomic E-state index is 12.5. The molecule has 0 fully saturated rings. The maximum Gasteiger partial charge on any atom is 0.261 e. The van der Waals surface area contributed by atoms with Gasteiger partial charge in [0.2, 0.25) is 5.91 Å². The third-order valence-corrected chi connectivity index (χ3v) is 5.41. The molecule has 8 heteroatoms. The number of benzene rings is 2. The Morgan fingerprint density at radius 1 is 1.07 bits per heavy atom. The molecule has 0 aliphatic rings. The Morgan fingerprint density at radius 3 is 2.44 bits per heavy atom. The average molecular weight is 384 g/mol. The Kier molecular flexibility index (Phi) is 5.27. The lowest BCUT2D eigenvalue weighted by Crippen LogP contribution is -2.24. The Bertz CT molecular complexity index is 1030. The number of carbonyl (C=O) groups excluding carboxylic acids is 1. The number of aryl methyl sites for hydroxylation is 1. The van der Waals surface area contributed by atoms with Crippen LogP contribution >= 0.6 is 0 Å². The summed E-state index contributed by atoms with van der Waals surface area (Å²) in [6, 6.07) is 14.4. The van der Waals surface area contributed by atoms with Gasteiger partial charge in [0.05, 0.1) is 10.6 Å². The van der Waals surface area contributed by atoms with E-state index in [0.717, 1.165) is 5.56 Å². The van der Waals surface area contributed by atoms with E-state index in [1.165, 1.54) is 0 Å². The number of aromatic nitrogens is 2. The topological polar surface area (TPSA) is 93.1 Å². The van der Waals surface area contributed by atoms with Gasteiger partial charge in [-0.25, -0.2) is 8.42 Å². The number of anilines is 2. The quantitative estimate of drug-likeness (QED) is 0.682. The molecule has 1 aromatic heterocycles. The zero-order chi connectivity index (χ0) is 19.4. The number of rotatable bonds is 6. The van der Waals surface area contributed by atoms with Crippen LogP contribution in [0.3, 0.4) is 0 Å². The van der Waals surface area contributed by atoms with Gasteiger partial charge in [-0.05, 0) is 50.2 Å². The SMILES string of the molecule is Cc1ccc(S(=O)(=O)Nc2cccc(NC(=O)[C@@H](C)n3cccn3)c2)cc1. The minimum absolute atomic E-state index is 0.176. The Hall–Kier alpha value is -3.13. The molecular formula is C19H20N4O3S. The molecule has 3 aromatic rings. The van der Waals surface area contributed by atoms with Crippen LogP contribution in [0.25, 0.3) is 0 Å². The summed E-state index contributed by atoms with van der Waals surface area (Å²) in [5.74, 6) is -0.253. The van der Waals surface area contributed by atoms with Crippen molar-refractivity contribution in [2.75, 3.05) is 10.0 Å². The second kappa shape index (κ2) is 7.63. The summed E-state index contributed by atoms with van der Waals surface area (Å²) in [5.41, 5.74) is 1.83. The Balaban J connectivity index is 1.73. The molecule has 3 rings (SSSR count). The molecule has 140 valence electrons. The largest absolute Gasteiger partial charge is 0.324 e. The van der Waals surface area contributed by atoms with Crippen molar-refractivity contribution in [3.05, 3.63) is 72.6 Å². The number of carbonyl (C=O) groups is 1. The molecular weight excluding hydrogens is 364 g/mol. The van der Waals surface area contributed by atoms with Crippen LogP contribution < -0.4 is 10.0 Å². The predicted octanol–water partition coefficient (Wildman–Crippen LogP) is 3.19. The first-order valence-electron chi connectivity index (χ1n) is 8.35. The number of hydrogen-bond acceptors (Lipinski definition) is 4. The molecule has 0 bridgehead atoms. The van der Waals surface area contributed by atoms with Crippen LogP contribution in [-0.2, 0) is 14.8 Å². The van der Waals surface area contributed by atoms with Crippen molar-refractivity contribution in [3.8, 4) is 0 Å². The molecule has 0 saturated heterocycles. The smallest absolute Gasteiger partial charge is 0.261 e. The summed E-state index contributed by atoms with van der Waals surface area (Å²) < 4.78 is 29.1. The van der Waals surface area contributed by atoms with Crippen molar-refractivity contribution >= 4 is 27.3 Å². The van der Waals surface area contributed by atoms with Crippen molar-refractivity contribution in [2.45, 2.75) is 24.8 Å². The standard InChI is InChI=1S/C19H20N4O3S/c1-14-7-9-18(10-8-14)27(25,26)22-17-6-3-5-16(13-17)21-19(24)15(2)23-12-4-11-20-23/h3-13,15,22H,1-2H3,(H,21,24)/t15-/m1/s1. The minimum atomic E-state index is -3.70. The van der Waals surface area contributed by atoms with Crippen molar-refractivity contribution in [1.29, 1.82) is 0 Å². The van der Waals surface area contributed by atoms with Crippen molar-refractivity contribution < 1.29 is 13.2 Å². The van der Waals surface area contributed by atoms with Gasteiger partial charge in [-0.3, -0.25) is 14.2 Å². The summed E-state index contributed by atoms with van der Waals surface area (Å²) in [4.78, 5) is 12.5. The summed E-state index contributed by atoms with van der Waals surface area (Å²) >= 11 is 0. The highest BCUT2D eigenvalue weighted by Gasteiger charge is 2.17. The van der Waals surface area contributed by atoms with Gasteiger partial charge in [-0.2, -0.15) is 5.10 Å². The molecule has 7 nitrogen and oxygen atoms in total. The second-order valence-electron chi connectivity index (χ2n) is 6.15. The second-order valence-corrected chi connectivity index (χ2v) is 7.83. The third-order valence-electron chi connectivity index (χ3n) is 4.01. The summed E-state index contributed by atoms with van der Waals surface area (Å²) in [7, 11) is -3.70. The van der Waals surface area contributed by atoms with E-state index in [-0.39, 0.29) is 10.8 Å². The molecule has 1 atom stereocenters. The zero-order valence-electron chi connectivity index (χ0n) is 15.0. The highest BCUT2D eigenvalue weighted by molar-refractivity contribution is 7.92. The molecule has 2 N–H and O–H groups in total. The molecule has 2 aromatic carbocycles. The van der Waals surface area contributed by atoms with Gasteiger partial charge in [-0.1, -0.05) is 23.8 Å². The van der Waals surface area contributed by atoms with E-state index >= 15 is 0 Å². The van der Waals surface area contributed by atoms with Gasteiger partial charge in [0, 0.05) is 18.1 Å². The first kappa shape index (κ1) is 18.7. The van der Waals surface area contributed by atoms with E-state index in [2.05, 4.69) is 15.1 Å². The fourth-order valence-electron chi connectivity index (χ4n) is 2.47. The van der Waals surface area contributed by atoms with Crippen molar-refractivity contribution in [3.63, 3.8) is 0 Å². The molecule has 0 spiro atoms. The molecule has 27 heavy (non-hydrogen) atoms. The fourth-order valence-corrected chi connectivity index (χ4v) is 3.52. The van der Waals surface area contributed by atoms with Gasteiger partial charge in [0.1, 0.15) is 6.04 Å². The first-order chi connectivity index (χ1) is 12.8. The molecule has 0 saturated carbocycles. The van der Waals surface area contributed by atoms with E-state index in [0.29, 0.717) is 11.4 Å². The molecule has 0 aliphatic heterocycles. The number of hydrogen-bond donors (Lipinski definition) is 2. The summed E-state index contributed by atoms with van der Waals surface area (Å²) in [6.07, 6.45) is 3.31. The Labute approximate surface area is 158 Å². The number of sulfonamides is 1. The minimum Gasteiger partial charge on any atom is -0.324 e. The van der Waals surface area contributed by atoms with Crippen molar-refractivity contribution in [1.82, 2.24) is 9.78 Å². The summed E-state index contributed by atoms with van der Waals surface area (Å²) in [6.45, 7) is 3.62. The van der Waals surface area contributed by atoms with Gasteiger partial charge in [0.15, 0.2) is 0 Å². The first-order valence-corrected chi connectivity index (χ1v) is 9.83. The van der Waals surface area contributed by atoms with Crippen LogP contribution in [0.1, 0.15) is 18.5 Å². The lowest BCUT2D eigenvalue weighted by atomic mass is 10.2. The van der Waals surface area contributed by atoms with Crippen LogP contribution in [0, 0.1) is 6.92 Å². The summed E-state index contributed by atoms with van der Waals surface area (Å²) in [5, 5.41) is 6.82. The zero-order valence-corrected chi connectivity index (χ0v) is 15.8. The van der Waals surface area contributed by atoms with Crippen LogP contribution in [-0.4, -0.2) is 24.1 Å². The number of nitrogens with zero attached hydrogens (tertiary/aromatic N) is 2. The highest BCUT2D eigenvalue weighted by atomic mass is 32.2. The number of nitrogens with one attached hydrogen (secondary N) is 2. The van der Waals surface area contributed by atoms with Gasteiger partial charge < -0.3 is 5.32 Å². The monoisotopic (exact) mass is 384 g/mol. The molecule has 1 heterocycles. The molecule has 1 amide bonds. The van der Waals surface area contributed by atoms with Crippen LogP contribution in [0.2, 0.25) is 0 Å². The lowest BCUT2D eigenvalue weighted by molar-refractivity contribution is -0.119. The normalized spacial score (nSPS) is 12.4. The fraction of sp³-hybridized carbons (Fsp3) is 0.158. The number of amides is 1. The lowest BCUT2D eigenvalue weighted by Gasteiger charge is -2.14.